The van der Waals surface area contributed by atoms with Gasteiger partial charge in [0.1, 0.15) is 5.60 Å². The molecule has 0 aliphatic heterocycles. The number of benzene rings is 1. The van der Waals surface area contributed by atoms with E-state index in [0.29, 0.717) is 17.3 Å². The molecular weight excluding hydrogens is 338 g/mol. The largest absolute Gasteiger partial charge is 0.469 e. The molecule has 0 unspecified atom stereocenters. The number of esters is 1. The SMILES string of the molecule is COC(=O)Cc1ccc(SCCNC(=O)OC(C)(C)C)c(Cl)c1. The molecule has 0 aromatic heterocycles. The first-order chi connectivity index (χ1) is 10.7. The van der Waals surface area contributed by atoms with Crippen LogP contribution in [0.25, 0.3) is 0 Å². The predicted molar refractivity (Wildman–Crippen MR) is 92.1 cm³/mol. The van der Waals surface area contributed by atoms with Gasteiger partial charge in [-0.1, -0.05) is 17.7 Å². The molecule has 0 spiro atoms. The molecule has 1 N–H and O–H groups in total. The molecule has 0 atom stereocenters. The van der Waals surface area contributed by atoms with Crippen LogP contribution in [0.1, 0.15) is 26.3 Å². The van der Waals surface area contributed by atoms with Crippen molar-refractivity contribution in [1.82, 2.24) is 5.32 Å². The molecule has 0 radical (unpaired) electrons. The normalized spacial score (nSPS) is 11.0. The van der Waals surface area contributed by atoms with E-state index in [0.717, 1.165) is 10.5 Å². The van der Waals surface area contributed by atoms with Gasteiger partial charge in [0.15, 0.2) is 0 Å². The van der Waals surface area contributed by atoms with E-state index in [4.69, 9.17) is 16.3 Å². The third-order valence-electron chi connectivity index (χ3n) is 2.60. The molecule has 1 rings (SSSR count). The van der Waals surface area contributed by atoms with Crippen molar-refractivity contribution in [3.05, 3.63) is 28.8 Å². The van der Waals surface area contributed by atoms with E-state index in [1.807, 2.05) is 32.9 Å². The maximum absolute atomic E-state index is 11.5. The van der Waals surface area contributed by atoms with E-state index in [2.05, 4.69) is 10.1 Å². The molecule has 0 heterocycles. The zero-order chi connectivity index (χ0) is 17.5. The fraction of sp³-hybridized carbons (Fsp3) is 0.500. The van der Waals surface area contributed by atoms with E-state index >= 15 is 0 Å². The van der Waals surface area contributed by atoms with Crippen LogP contribution in [0, 0.1) is 0 Å². The highest BCUT2D eigenvalue weighted by atomic mass is 35.5. The molecule has 23 heavy (non-hydrogen) atoms. The predicted octanol–water partition coefficient (Wildman–Crippen LogP) is 3.67. The highest BCUT2D eigenvalue weighted by Crippen LogP contribution is 2.28. The summed E-state index contributed by atoms with van der Waals surface area (Å²) in [6, 6.07) is 5.45. The van der Waals surface area contributed by atoms with Crippen LogP contribution in [0.4, 0.5) is 4.79 Å². The summed E-state index contributed by atoms with van der Waals surface area (Å²) in [5, 5.41) is 3.27. The number of thioether (sulfide) groups is 1. The fourth-order valence-electron chi connectivity index (χ4n) is 1.64. The standard InChI is InChI=1S/C16H22ClNO4S/c1-16(2,3)22-15(20)18-7-8-23-13-6-5-11(9-12(13)17)10-14(19)21-4/h5-6,9H,7-8,10H2,1-4H3,(H,18,20). The topological polar surface area (TPSA) is 64.6 Å². The van der Waals surface area contributed by atoms with Crippen LogP contribution in [-0.2, 0) is 20.7 Å². The number of hydrogen-bond donors (Lipinski definition) is 1. The number of methoxy groups -OCH3 is 1. The van der Waals surface area contributed by atoms with Gasteiger partial charge in [-0.15, -0.1) is 11.8 Å². The quantitative estimate of drug-likeness (QED) is 0.477. The molecule has 128 valence electrons. The number of carbonyl (C=O) groups excluding carboxylic acids is 2. The van der Waals surface area contributed by atoms with Gasteiger partial charge in [0.25, 0.3) is 0 Å². The van der Waals surface area contributed by atoms with Crippen LogP contribution in [0.3, 0.4) is 0 Å². The zero-order valence-electron chi connectivity index (χ0n) is 13.8. The van der Waals surface area contributed by atoms with Gasteiger partial charge in [-0.05, 0) is 38.5 Å². The Morgan fingerprint density at radius 1 is 1.30 bits per heavy atom. The smallest absolute Gasteiger partial charge is 0.407 e. The van der Waals surface area contributed by atoms with Gasteiger partial charge < -0.3 is 14.8 Å². The summed E-state index contributed by atoms with van der Waals surface area (Å²) in [5.41, 5.74) is 0.300. The van der Waals surface area contributed by atoms with E-state index in [1.54, 1.807) is 6.07 Å². The van der Waals surface area contributed by atoms with Gasteiger partial charge in [0, 0.05) is 17.2 Å². The van der Waals surface area contributed by atoms with E-state index in [9.17, 15) is 9.59 Å². The van der Waals surface area contributed by atoms with Gasteiger partial charge in [0.05, 0.1) is 18.6 Å². The van der Waals surface area contributed by atoms with Gasteiger partial charge in [-0.3, -0.25) is 4.79 Å². The first-order valence-electron chi connectivity index (χ1n) is 7.16. The number of alkyl carbamates (subject to hydrolysis) is 1. The lowest BCUT2D eigenvalue weighted by Crippen LogP contribution is -2.33. The van der Waals surface area contributed by atoms with E-state index in [-0.39, 0.29) is 12.4 Å². The second-order valence-electron chi connectivity index (χ2n) is 5.79. The van der Waals surface area contributed by atoms with Crippen LogP contribution in [-0.4, -0.2) is 37.1 Å². The van der Waals surface area contributed by atoms with Crippen LogP contribution in [0.5, 0.6) is 0 Å². The molecule has 0 saturated carbocycles. The number of ether oxygens (including phenoxy) is 2. The summed E-state index contributed by atoms with van der Waals surface area (Å²) in [4.78, 5) is 23.6. The highest BCUT2D eigenvalue weighted by molar-refractivity contribution is 7.99. The van der Waals surface area contributed by atoms with Crippen LogP contribution in [0.15, 0.2) is 23.1 Å². The number of carbonyl (C=O) groups is 2. The maximum atomic E-state index is 11.5. The molecule has 1 amide bonds. The average molecular weight is 360 g/mol. The van der Waals surface area contributed by atoms with Crippen molar-refractivity contribution in [2.75, 3.05) is 19.4 Å². The molecule has 1 aromatic carbocycles. The molecule has 0 aliphatic carbocycles. The van der Waals surface area contributed by atoms with Gasteiger partial charge in [-0.25, -0.2) is 4.79 Å². The first-order valence-corrected chi connectivity index (χ1v) is 8.52. The van der Waals surface area contributed by atoms with Gasteiger partial charge in [0.2, 0.25) is 0 Å². The summed E-state index contributed by atoms with van der Waals surface area (Å²) >= 11 is 7.72. The number of rotatable bonds is 6. The number of nitrogens with one attached hydrogen (secondary N) is 1. The third-order valence-corrected chi connectivity index (χ3v) is 4.10. The molecule has 0 bridgehead atoms. The van der Waals surface area contributed by atoms with Crippen molar-refractivity contribution in [1.29, 1.82) is 0 Å². The molecular formula is C16H22ClNO4S. The van der Waals surface area contributed by atoms with Crippen molar-refractivity contribution < 1.29 is 19.1 Å². The summed E-state index contributed by atoms with van der Waals surface area (Å²) in [5.74, 6) is 0.359. The lowest BCUT2D eigenvalue weighted by Gasteiger charge is -2.19. The fourth-order valence-corrected chi connectivity index (χ4v) is 2.79. The Hall–Kier alpha value is -1.40. The van der Waals surface area contributed by atoms with Crippen molar-refractivity contribution in [3.8, 4) is 0 Å². The van der Waals surface area contributed by atoms with Crippen LogP contribution in [0.2, 0.25) is 5.02 Å². The Balaban J connectivity index is 2.41. The highest BCUT2D eigenvalue weighted by Gasteiger charge is 2.15. The minimum Gasteiger partial charge on any atom is -0.469 e. The van der Waals surface area contributed by atoms with Crippen LogP contribution < -0.4 is 5.32 Å². The molecule has 5 nitrogen and oxygen atoms in total. The molecule has 0 aliphatic rings. The average Bonchev–Trinajstić information content (AvgIpc) is 2.43. The van der Waals surface area contributed by atoms with E-state index in [1.165, 1.54) is 18.9 Å². The van der Waals surface area contributed by atoms with Crippen molar-refractivity contribution in [2.24, 2.45) is 0 Å². The zero-order valence-corrected chi connectivity index (χ0v) is 15.3. The minimum atomic E-state index is -0.504. The maximum Gasteiger partial charge on any atom is 0.407 e. The summed E-state index contributed by atoms with van der Waals surface area (Å²) in [6.07, 6.45) is -0.237. The molecule has 7 heteroatoms. The Bertz CT molecular complexity index is 558. The second-order valence-corrected chi connectivity index (χ2v) is 7.34. The molecule has 0 saturated heterocycles. The summed E-state index contributed by atoms with van der Waals surface area (Å²) in [6.45, 7) is 5.92. The number of halogens is 1. The van der Waals surface area contributed by atoms with Gasteiger partial charge >= 0.3 is 12.1 Å². The monoisotopic (exact) mass is 359 g/mol. The second kappa shape index (κ2) is 9.03. The molecule has 0 fully saturated rings. The Kier molecular flexibility index (Phi) is 7.72. The molecule has 1 aromatic rings. The lowest BCUT2D eigenvalue weighted by molar-refractivity contribution is -0.139. The summed E-state index contributed by atoms with van der Waals surface area (Å²) in [7, 11) is 1.35. The number of hydrogen-bond acceptors (Lipinski definition) is 5. The van der Waals surface area contributed by atoms with Crippen molar-refractivity contribution in [2.45, 2.75) is 37.7 Å². The van der Waals surface area contributed by atoms with E-state index < -0.39 is 11.7 Å². The lowest BCUT2D eigenvalue weighted by atomic mass is 10.1. The Morgan fingerprint density at radius 2 is 2.00 bits per heavy atom. The van der Waals surface area contributed by atoms with Gasteiger partial charge in [-0.2, -0.15) is 0 Å². The van der Waals surface area contributed by atoms with Crippen molar-refractivity contribution >= 4 is 35.4 Å². The summed E-state index contributed by atoms with van der Waals surface area (Å²) < 4.78 is 9.77. The Labute approximate surface area is 146 Å². The third kappa shape index (κ3) is 8.13. The first kappa shape index (κ1) is 19.6. The van der Waals surface area contributed by atoms with Crippen LogP contribution >= 0.6 is 23.4 Å². The van der Waals surface area contributed by atoms with Crippen molar-refractivity contribution in [3.63, 3.8) is 0 Å². The minimum absolute atomic E-state index is 0.196. The number of amides is 1. The Morgan fingerprint density at radius 3 is 2.57 bits per heavy atom.